The molecular weight excluding hydrogens is 426 g/mol. The molecule has 0 saturated heterocycles. The molecule has 4 rings (SSSR count). The molecule has 0 saturated carbocycles. The van der Waals surface area contributed by atoms with Crippen LogP contribution >= 0.6 is 0 Å². The number of aryl methyl sites for hydroxylation is 1. The molecule has 1 heterocycles. The highest BCUT2D eigenvalue weighted by molar-refractivity contribution is 6.15. The molecule has 0 aromatic heterocycles. The minimum Gasteiger partial charge on any atom is -0.489 e. The summed E-state index contributed by atoms with van der Waals surface area (Å²) in [7, 11) is 1.31. The normalized spacial score (nSPS) is 13.4. The van der Waals surface area contributed by atoms with E-state index < -0.39 is 10.9 Å². The topological polar surface area (TPSA) is 105 Å². The van der Waals surface area contributed by atoms with Crippen LogP contribution in [0, 0.1) is 17.0 Å². The van der Waals surface area contributed by atoms with Crippen LogP contribution in [0.25, 0.3) is 6.08 Å². The number of hydrogen-bond acceptors (Lipinski definition) is 7. The van der Waals surface area contributed by atoms with Gasteiger partial charge in [0.05, 0.1) is 23.2 Å². The van der Waals surface area contributed by atoms with Crippen LogP contribution in [-0.2, 0) is 11.3 Å². The third-order valence-corrected chi connectivity index (χ3v) is 5.13. The Balaban J connectivity index is 1.50. The maximum absolute atomic E-state index is 12.9. The maximum Gasteiger partial charge on any atom is 0.337 e. The van der Waals surface area contributed by atoms with Crippen LogP contribution in [0.5, 0.6) is 11.5 Å². The van der Waals surface area contributed by atoms with E-state index in [4.69, 9.17) is 9.47 Å². The predicted molar refractivity (Wildman–Crippen MR) is 119 cm³/mol. The van der Waals surface area contributed by atoms with Crippen molar-refractivity contribution < 1.29 is 28.7 Å². The lowest BCUT2D eigenvalue weighted by Gasteiger charge is -2.09. The number of ether oxygens (including phenoxy) is 3. The number of carbonyl (C=O) groups excluding carboxylic acids is 2. The van der Waals surface area contributed by atoms with E-state index in [0.29, 0.717) is 33.8 Å². The third kappa shape index (κ3) is 4.59. The van der Waals surface area contributed by atoms with Gasteiger partial charge in [-0.1, -0.05) is 12.1 Å². The number of methoxy groups -OCH3 is 1. The van der Waals surface area contributed by atoms with E-state index in [-0.39, 0.29) is 23.8 Å². The first-order valence-electron chi connectivity index (χ1n) is 9.99. The van der Waals surface area contributed by atoms with E-state index >= 15 is 0 Å². The fourth-order valence-electron chi connectivity index (χ4n) is 3.43. The zero-order valence-corrected chi connectivity index (χ0v) is 17.9. The summed E-state index contributed by atoms with van der Waals surface area (Å²) in [6, 6.07) is 16.1. The molecule has 166 valence electrons. The van der Waals surface area contributed by atoms with Crippen molar-refractivity contribution in [1.29, 1.82) is 0 Å². The first-order chi connectivity index (χ1) is 15.9. The Kier molecular flexibility index (Phi) is 5.91. The Bertz CT molecular complexity index is 1280. The SMILES string of the molecule is COC(=O)c1ccc(/C=C2\Oc3cc(OCc4ccc([N+](=O)[O-])cc4)cc(C)c3C2=O)cc1. The van der Waals surface area contributed by atoms with Crippen molar-refractivity contribution in [3.63, 3.8) is 0 Å². The van der Waals surface area contributed by atoms with Gasteiger partial charge in [0.1, 0.15) is 18.1 Å². The van der Waals surface area contributed by atoms with Gasteiger partial charge >= 0.3 is 5.97 Å². The highest BCUT2D eigenvalue weighted by Crippen LogP contribution is 2.37. The largest absolute Gasteiger partial charge is 0.489 e. The van der Waals surface area contributed by atoms with E-state index in [1.54, 1.807) is 61.5 Å². The maximum atomic E-state index is 12.9. The zero-order valence-electron chi connectivity index (χ0n) is 17.9. The van der Waals surface area contributed by atoms with Crippen LogP contribution in [0.2, 0.25) is 0 Å². The van der Waals surface area contributed by atoms with Crippen LogP contribution in [0.4, 0.5) is 5.69 Å². The monoisotopic (exact) mass is 445 g/mol. The van der Waals surface area contributed by atoms with Gasteiger partial charge in [-0.2, -0.15) is 0 Å². The fourth-order valence-corrected chi connectivity index (χ4v) is 3.43. The molecule has 8 nitrogen and oxygen atoms in total. The summed E-state index contributed by atoms with van der Waals surface area (Å²) < 4.78 is 16.3. The van der Waals surface area contributed by atoms with Gasteiger partial charge in [-0.3, -0.25) is 14.9 Å². The van der Waals surface area contributed by atoms with Gasteiger partial charge in [0.2, 0.25) is 5.78 Å². The first kappa shape index (κ1) is 21.8. The summed E-state index contributed by atoms with van der Waals surface area (Å²) >= 11 is 0. The van der Waals surface area contributed by atoms with E-state index in [1.165, 1.54) is 19.2 Å². The zero-order chi connectivity index (χ0) is 23.5. The molecule has 33 heavy (non-hydrogen) atoms. The molecule has 0 spiro atoms. The van der Waals surface area contributed by atoms with Crippen molar-refractivity contribution in [2.75, 3.05) is 7.11 Å². The summed E-state index contributed by atoms with van der Waals surface area (Å²) in [6.45, 7) is 2.01. The number of carbonyl (C=O) groups is 2. The van der Waals surface area contributed by atoms with Gasteiger partial charge in [-0.05, 0) is 60.0 Å². The number of benzene rings is 3. The number of rotatable bonds is 6. The molecule has 3 aromatic rings. The highest BCUT2D eigenvalue weighted by atomic mass is 16.6. The molecular formula is C25H19NO7. The highest BCUT2D eigenvalue weighted by Gasteiger charge is 2.30. The number of non-ortho nitro benzene ring substituents is 1. The van der Waals surface area contributed by atoms with Crippen LogP contribution < -0.4 is 9.47 Å². The Morgan fingerprint density at radius 1 is 1.09 bits per heavy atom. The molecule has 0 fully saturated rings. The number of esters is 1. The Morgan fingerprint density at radius 2 is 1.79 bits per heavy atom. The second kappa shape index (κ2) is 8.96. The van der Waals surface area contributed by atoms with Crippen LogP contribution in [0.1, 0.15) is 37.4 Å². The molecule has 1 aliphatic rings. The molecule has 0 aliphatic carbocycles. The predicted octanol–water partition coefficient (Wildman–Crippen LogP) is 4.89. The van der Waals surface area contributed by atoms with Gasteiger partial charge in [-0.15, -0.1) is 0 Å². The molecule has 0 bridgehead atoms. The van der Waals surface area contributed by atoms with Gasteiger partial charge in [0.25, 0.3) is 5.69 Å². The minimum absolute atomic E-state index is 0.0123. The summed E-state index contributed by atoms with van der Waals surface area (Å²) in [6.07, 6.45) is 1.61. The molecule has 0 N–H and O–H groups in total. The molecule has 0 radical (unpaired) electrons. The Labute approximate surface area is 189 Å². The first-order valence-corrected chi connectivity index (χ1v) is 9.99. The lowest BCUT2D eigenvalue weighted by Crippen LogP contribution is -2.01. The fraction of sp³-hybridized carbons (Fsp3) is 0.120. The number of fused-ring (bicyclic) bond motifs is 1. The number of Topliss-reactive ketones (excluding diaryl/α,β-unsaturated/α-hetero) is 1. The van der Waals surface area contributed by atoms with Crippen molar-refractivity contribution in [3.05, 3.63) is 104 Å². The second-order valence-corrected chi connectivity index (χ2v) is 7.38. The summed E-state index contributed by atoms with van der Waals surface area (Å²) in [4.78, 5) is 34.7. The van der Waals surface area contributed by atoms with Crippen molar-refractivity contribution in [1.82, 2.24) is 0 Å². The van der Waals surface area contributed by atoms with Crippen LogP contribution in [0.3, 0.4) is 0 Å². The van der Waals surface area contributed by atoms with Crippen LogP contribution in [0.15, 0.2) is 66.4 Å². The van der Waals surface area contributed by atoms with Crippen molar-refractivity contribution in [2.24, 2.45) is 0 Å². The van der Waals surface area contributed by atoms with E-state index in [1.807, 2.05) is 0 Å². The second-order valence-electron chi connectivity index (χ2n) is 7.38. The van der Waals surface area contributed by atoms with E-state index in [0.717, 1.165) is 5.56 Å². The molecule has 0 amide bonds. The molecule has 0 unspecified atom stereocenters. The van der Waals surface area contributed by atoms with E-state index in [9.17, 15) is 19.7 Å². The lowest BCUT2D eigenvalue weighted by atomic mass is 10.0. The summed E-state index contributed by atoms with van der Waals surface area (Å²) in [5.41, 5.74) is 3.07. The third-order valence-electron chi connectivity index (χ3n) is 5.13. The Morgan fingerprint density at radius 3 is 2.42 bits per heavy atom. The number of ketones is 1. The van der Waals surface area contributed by atoms with E-state index in [2.05, 4.69) is 4.74 Å². The lowest BCUT2D eigenvalue weighted by molar-refractivity contribution is -0.384. The van der Waals surface area contributed by atoms with Gasteiger partial charge < -0.3 is 14.2 Å². The number of allylic oxidation sites excluding steroid dienone is 1. The number of nitro benzene ring substituents is 1. The van der Waals surface area contributed by atoms with Gasteiger partial charge in [-0.25, -0.2) is 4.79 Å². The number of hydrogen-bond donors (Lipinski definition) is 0. The molecule has 8 heteroatoms. The standard InChI is InChI=1S/C25H19NO7/c1-15-11-20(32-14-17-5-9-19(10-6-17)26(29)30)13-21-23(15)24(27)22(33-21)12-16-3-7-18(8-4-16)25(28)31-2/h3-13H,14H2,1-2H3/b22-12-. The Hall–Kier alpha value is -4.46. The average Bonchev–Trinajstić information content (AvgIpc) is 3.13. The smallest absolute Gasteiger partial charge is 0.337 e. The van der Waals surface area contributed by atoms with Gasteiger partial charge in [0.15, 0.2) is 5.76 Å². The van der Waals surface area contributed by atoms with Crippen molar-refractivity contribution in [3.8, 4) is 11.5 Å². The number of nitrogens with zero attached hydrogens (tertiary/aromatic N) is 1. The molecule has 1 aliphatic heterocycles. The van der Waals surface area contributed by atoms with Crippen molar-refractivity contribution >= 4 is 23.5 Å². The average molecular weight is 445 g/mol. The van der Waals surface area contributed by atoms with Crippen molar-refractivity contribution in [2.45, 2.75) is 13.5 Å². The summed E-state index contributed by atoms with van der Waals surface area (Å²) in [5.74, 6) is 0.414. The molecule has 3 aromatic carbocycles. The summed E-state index contributed by atoms with van der Waals surface area (Å²) in [5, 5.41) is 10.8. The number of nitro groups is 1. The molecule has 0 atom stereocenters. The quantitative estimate of drug-likeness (QED) is 0.230. The minimum atomic E-state index is -0.457. The van der Waals surface area contributed by atoms with Gasteiger partial charge in [0, 0.05) is 18.2 Å². The van der Waals surface area contributed by atoms with Crippen LogP contribution in [-0.4, -0.2) is 23.8 Å².